The summed E-state index contributed by atoms with van der Waals surface area (Å²) in [4.78, 5) is 50.6. The molecule has 11 heteroatoms. The number of methoxy groups -OCH3 is 1. The number of benzene rings is 3. The molecule has 1 fully saturated rings. The highest BCUT2D eigenvalue weighted by molar-refractivity contribution is 6.16. The van der Waals surface area contributed by atoms with Crippen molar-refractivity contribution in [3.63, 3.8) is 0 Å². The molecule has 1 aliphatic rings. The van der Waals surface area contributed by atoms with Crippen LogP contribution in [0.1, 0.15) is 11.1 Å². The average molecular weight is 533 g/mol. The van der Waals surface area contributed by atoms with Crippen LogP contribution in [0.4, 0.5) is 20.6 Å². The summed E-state index contributed by atoms with van der Waals surface area (Å²) in [6.07, 6.45) is 1.44. The van der Waals surface area contributed by atoms with Crippen molar-refractivity contribution in [2.75, 3.05) is 30.9 Å². The molecule has 0 radical (unpaired) electrons. The van der Waals surface area contributed by atoms with Crippen LogP contribution in [0.3, 0.4) is 0 Å². The van der Waals surface area contributed by atoms with E-state index in [1.807, 2.05) is 13.0 Å². The maximum Gasteiger partial charge on any atom is 0.329 e. The van der Waals surface area contributed by atoms with Crippen molar-refractivity contribution in [2.24, 2.45) is 0 Å². The number of imide groups is 1. The highest BCUT2D eigenvalue weighted by atomic mass is 19.1. The maximum atomic E-state index is 13.0. The fourth-order valence-electron chi connectivity index (χ4n) is 3.72. The van der Waals surface area contributed by atoms with Gasteiger partial charge in [0, 0.05) is 11.4 Å². The molecule has 5 amide bonds. The number of nitrogens with zero attached hydrogens (tertiary/aromatic N) is 1. The van der Waals surface area contributed by atoms with Gasteiger partial charge in [0.15, 0.2) is 18.1 Å². The second-order valence-electron chi connectivity index (χ2n) is 8.55. The minimum absolute atomic E-state index is 0.0160. The smallest absolute Gasteiger partial charge is 0.329 e. The molecule has 39 heavy (non-hydrogen) atoms. The Balaban J connectivity index is 1.37. The molecule has 1 aliphatic heterocycles. The number of urea groups is 1. The average Bonchev–Trinajstić information content (AvgIpc) is 3.16. The van der Waals surface area contributed by atoms with Gasteiger partial charge >= 0.3 is 6.03 Å². The topological polar surface area (TPSA) is 126 Å². The molecule has 0 atom stereocenters. The van der Waals surface area contributed by atoms with Crippen LogP contribution in [0, 0.1) is 12.7 Å². The van der Waals surface area contributed by atoms with Gasteiger partial charge < -0.3 is 25.4 Å². The molecule has 0 unspecified atom stereocenters. The Morgan fingerprint density at radius 1 is 0.949 bits per heavy atom. The van der Waals surface area contributed by atoms with Gasteiger partial charge in [-0.2, -0.15) is 0 Å². The summed E-state index contributed by atoms with van der Waals surface area (Å²) >= 11 is 0. The number of carbonyl (C=O) groups is 4. The molecule has 1 saturated heterocycles. The zero-order valence-electron chi connectivity index (χ0n) is 21.1. The first-order valence-corrected chi connectivity index (χ1v) is 11.8. The molecule has 200 valence electrons. The van der Waals surface area contributed by atoms with Crippen LogP contribution in [0.25, 0.3) is 6.08 Å². The second-order valence-corrected chi connectivity index (χ2v) is 8.55. The van der Waals surface area contributed by atoms with Gasteiger partial charge in [0.1, 0.15) is 18.1 Å². The van der Waals surface area contributed by atoms with Gasteiger partial charge in [-0.3, -0.25) is 14.4 Å². The number of hydrogen-bond donors (Lipinski definition) is 3. The third kappa shape index (κ3) is 6.98. The molecule has 0 aromatic heterocycles. The fraction of sp³-hybridized carbons (Fsp3) is 0.143. The number of anilines is 2. The number of aryl methyl sites for hydroxylation is 1. The first-order valence-electron chi connectivity index (χ1n) is 11.8. The second kappa shape index (κ2) is 11.9. The lowest BCUT2D eigenvalue weighted by Crippen LogP contribution is -2.38. The predicted molar refractivity (Wildman–Crippen MR) is 142 cm³/mol. The van der Waals surface area contributed by atoms with Crippen molar-refractivity contribution in [1.29, 1.82) is 0 Å². The Labute approximate surface area is 223 Å². The van der Waals surface area contributed by atoms with E-state index >= 15 is 0 Å². The Hall–Kier alpha value is -5.19. The van der Waals surface area contributed by atoms with Gasteiger partial charge in [-0.25, -0.2) is 14.1 Å². The summed E-state index contributed by atoms with van der Waals surface area (Å²) in [5.74, 6) is -1.50. The van der Waals surface area contributed by atoms with E-state index in [1.165, 1.54) is 37.5 Å². The highest BCUT2D eigenvalue weighted by Crippen LogP contribution is 2.29. The van der Waals surface area contributed by atoms with Crippen molar-refractivity contribution < 1.29 is 33.0 Å². The van der Waals surface area contributed by atoms with Crippen molar-refractivity contribution in [1.82, 2.24) is 10.2 Å². The van der Waals surface area contributed by atoms with E-state index < -0.39 is 36.1 Å². The summed E-state index contributed by atoms with van der Waals surface area (Å²) in [6.45, 7) is 1.10. The van der Waals surface area contributed by atoms with Crippen LogP contribution < -0.4 is 25.4 Å². The number of amides is 5. The Kier molecular flexibility index (Phi) is 8.20. The van der Waals surface area contributed by atoms with Crippen molar-refractivity contribution >= 4 is 41.2 Å². The molecular formula is C28H25FN4O6. The van der Waals surface area contributed by atoms with Crippen LogP contribution in [0.2, 0.25) is 0 Å². The summed E-state index contributed by atoms with van der Waals surface area (Å²) in [5, 5.41) is 7.72. The number of hydrogen-bond acceptors (Lipinski definition) is 6. The van der Waals surface area contributed by atoms with Crippen LogP contribution in [0.5, 0.6) is 11.5 Å². The van der Waals surface area contributed by atoms with Crippen molar-refractivity contribution in [3.8, 4) is 11.5 Å². The van der Waals surface area contributed by atoms with E-state index in [0.717, 1.165) is 10.5 Å². The molecule has 0 spiro atoms. The summed E-state index contributed by atoms with van der Waals surface area (Å²) in [6, 6.07) is 16.4. The number of carbonyl (C=O) groups excluding carboxylic acids is 4. The van der Waals surface area contributed by atoms with E-state index in [4.69, 9.17) is 9.47 Å². The molecule has 0 bridgehead atoms. The van der Waals surface area contributed by atoms with Crippen molar-refractivity contribution in [3.05, 3.63) is 89.4 Å². The monoisotopic (exact) mass is 532 g/mol. The van der Waals surface area contributed by atoms with Crippen LogP contribution in [-0.4, -0.2) is 48.9 Å². The lowest BCUT2D eigenvalue weighted by atomic mass is 10.1. The van der Waals surface area contributed by atoms with E-state index in [-0.39, 0.29) is 23.8 Å². The van der Waals surface area contributed by atoms with Gasteiger partial charge in [-0.05, 0) is 72.7 Å². The molecule has 3 aromatic carbocycles. The lowest BCUT2D eigenvalue weighted by Gasteiger charge is -2.12. The summed E-state index contributed by atoms with van der Waals surface area (Å²) < 4.78 is 23.9. The largest absolute Gasteiger partial charge is 0.493 e. The van der Waals surface area contributed by atoms with E-state index in [9.17, 15) is 23.6 Å². The third-order valence-electron chi connectivity index (χ3n) is 5.55. The quantitative estimate of drug-likeness (QED) is 0.285. The molecule has 0 aliphatic carbocycles. The van der Waals surface area contributed by atoms with Gasteiger partial charge in [0.05, 0.1) is 7.11 Å². The molecule has 4 rings (SSSR count). The SMILES string of the molecule is COc1cc(/C=C2/NC(=O)N(CC(=O)Nc3cccc(C)c3)C2=O)ccc1OCC(=O)Nc1ccc(F)cc1. The minimum Gasteiger partial charge on any atom is -0.493 e. The van der Waals surface area contributed by atoms with Crippen LogP contribution >= 0.6 is 0 Å². The fourth-order valence-corrected chi connectivity index (χ4v) is 3.72. The minimum atomic E-state index is -0.718. The number of rotatable bonds is 9. The lowest BCUT2D eigenvalue weighted by molar-refractivity contribution is -0.127. The van der Waals surface area contributed by atoms with Crippen LogP contribution in [-0.2, 0) is 14.4 Å². The number of halogens is 1. The van der Waals surface area contributed by atoms with E-state index in [0.29, 0.717) is 16.9 Å². The zero-order chi connectivity index (χ0) is 27.9. The molecule has 3 N–H and O–H groups in total. The predicted octanol–water partition coefficient (Wildman–Crippen LogP) is 3.69. The van der Waals surface area contributed by atoms with Gasteiger partial charge in [0.25, 0.3) is 11.8 Å². The first kappa shape index (κ1) is 26.9. The van der Waals surface area contributed by atoms with Gasteiger partial charge in [-0.15, -0.1) is 0 Å². The molecule has 0 saturated carbocycles. The summed E-state index contributed by atoms with van der Waals surface area (Å²) in [5.41, 5.74) is 2.42. The molecule has 1 heterocycles. The standard InChI is InChI=1S/C28H25FN4O6/c1-17-4-3-5-21(12-17)31-25(34)15-33-27(36)22(32-28(33)37)13-18-6-11-23(24(14-18)38-2)39-16-26(35)30-20-9-7-19(29)8-10-20/h3-14H,15-16H2,1-2H3,(H,30,35)(H,31,34)(H,32,37)/b22-13+. The van der Waals surface area contributed by atoms with Gasteiger partial charge in [0.2, 0.25) is 5.91 Å². The number of ether oxygens (including phenoxy) is 2. The zero-order valence-corrected chi connectivity index (χ0v) is 21.1. The van der Waals surface area contributed by atoms with Crippen LogP contribution in [0.15, 0.2) is 72.4 Å². The normalized spacial score (nSPS) is 13.7. The Morgan fingerprint density at radius 3 is 2.41 bits per heavy atom. The Bertz CT molecular complexity index is 1450. The molecule has 3 aromatic rings. The highest BCUT2D eigenvalue weighted by Gasteiger charge is 2.35. The molecular weight excluding hydrogens is 507 g/mol. The van der Waals surface area contributed by atoms with Crippen molar-refractivity contribution in [2.45, 2.75) is 6.92 Å². The van der Waals surface area contributed by atoms with E-state index in [2.05, 4.69) is 16.0 Å². The first-order chi connectivity index (χ1) is 18.7. The summed E-state index contributed by atoms with van der Waals surface area (Å²) in [7, 11) is 1.41. The Morgan fingerprint density at radius 2 is 1.69 bits per heavy atom. The molecule has 10 nitrogen and oxygen atoms in total. The maximum absolute atomic E-state index is 13.0. The third-order valence-corrected chi connectivity index (χ3v) is 5.55. The van der Waals surface area contributed by atoms with Gasteiger partial charge in [-0.1, -0.05) is 18.2 Å². The number of nitrogens with one attached hydrogen (secondary N) is 3. The van der Waals surface area contributed by atoms with E-state index in [1.54, 1.807) is 36.4 Å².